The maximum atomic E-state index is 12.2. The maximum Gasteiger partial charge on any atom is 0.244 e. The maximum absolute atomic E-state index is 12.2. The van der Waals surface area contributed by atoms with Gasteiger partial charge in [0.15, 0.2) is 0 Å². The number of nitrogens with one attached hydrogen (secondary N) is 1. The number of ether oxygens (including phenoxy) is 1. The van der Waals surface area contributed by atoms with Gasteiger partial charge in [-0.2, -0.15) is 0 Å². The van der Waals surface area contributed by atoms with Gasteiger partial charge in [-0.05, 0) is 54.8 Å². The lowest BCUT2D eigenvalue weighted by Crippen LogP contribution is -2.23. The van der Waals surface area contributed by atoms with E-state index in [-0.39, 0.29) is 11.8 Å². The third kappa shape index (κ3) is 5.82. The number of hydrogen-bond acceptors (Lipinski definition) is 5. The zero-order valence-electron chi connectivity index (χ0n) is 17.9. The van der Waals surface area contributed by atoms with Crippen LogP contribution in [0.1, 0.15) is 34.7 Å². The number of carbonyl (C=O) groups excluding carboxylic acids is 2. The molecule has 0 aliphatic carbocycles. The molecule has 0 saturated carbocycles. The minimum absolute atomic E-state index is 0.170. The Hall–Kier alpha value is -3.45. The molecule has 3 aromatic rings. The van der Waals surface area contributed by atoms with Crippen LogP contribution in [0.15, 0.2) is 60.0 Å². The first-order chi connectivity index (χ1) is 15.6. The van der Waals surface area contributed by atoms with Crippen molar-refractivity contribution in [3.05, 3.63) is 81.8 Å². The summed E-state index contributed by atoms with van der Waals surface area (Å²) < 4.78 is 5.80. The Bertz CT molecular complexity index is 1120. The molecule has 1 aliphatic rings. The number of nitrogens with zero attached hydrogens (tertiary/aromatic N) is 2. The van der Waals surface area contributed by atoms with E-state index in [1.54, 1.807) is 22.3 Å². The van der Waals surface area contributed by atoms with Gasteiger partial charge in [-0.15, -0.1) is 11.3 Å². The molecule has 7 heteroatoms. The highest BCUT2D eigenvalue weighted by molar-refractivity contribution is 7.09. The molecular formula is C25H25N3O3S. The number of carbonyl (C=O) groups is 2. The molecule has 0 bridgehead atoms. The van der Waals surface area contributed by atoms with Crippen LogP contribution in [-0.4, -0.2) is 23.3 Å². The summed E-state index contributed by atoms with van der Waals surface area (Å²) in [6.07, 6.45) is 4.80. The highest BCUT2D eigenvalue weighted by Gasteiger charge is 2.21. The molecule has 1 aromatic heterocycles. The number of hydrogen-bond donors (Lipinski definition) is 1. The second-order valence-electron chi connectivity index (χ2n) is 7.59. The Morgan fingerprint density at radius 2 is 2.09 bits per heavy atom. The largest absolute Gasteiger partial charge is 0.487 e. The lowest BCUT2D eigenvalue weighted by atomic mass is 10.2. The minimum atomic E-state index is -0.173. The molecule has 0 unspecified atom stereocenters. The molecule has 2 heterocycles. The molecule has 0 spiro atoms. The summed E-state index contributed by atoms with van der Waals surface area (Å²) in [5.41, 5.74) is 3.68. The van der Waals surface area contributed by atoms with Gasteiger partial charge in [0, 0.05) is 36.7 Å². The predicted octanol–water partition coefficient (Wildman–Crippen LogP) is 4.49. The highest BCUT2D eigenvalue weighted by Crippen LogP contribution is 2.21. The van der Waals surface area contributed by atoms with Gasteiger partial charge in [-0.3, -0.25) is 9.59 Å². The Labute approximate surface area is 191 Å². The summed E-state index contributed by atoms with van der Waals surface area (Å²) in [5.74, 6) is 0.728. The van der Waals surface area contributed by atoms with Crippen LogP contribution in [0.25, 0.3) is 6.08 Å². The van der Waals surface area contributed by atoms with Gasteiger partial charge < -0.3 is 15.0 Å². The monoisotopic (exact) mass is 447 g/mol. The van der Waals surface area contributed by atoms with E-state index in [1.807, 2.05) is 60.8 Å². The Balaban J connectivity index is 1.26. The average Bonchev–Trinajstić information content (AvgIpc) is 3.43. The molecule has 1 fully saturated rings. The number of thiazole rings is 1. The molecule has 0 atom stereocenters. The lowest BCUT2D eigenvalue weighted by Gasteiger charge is -2.15. The average molecular weight is 448 g/mol. The minimum Gasteiger partial charge on any atom is -0.487 e. The van der Waals surface area contributed by atoms with Gasteiger partial charge in [-0.25, -0.2) is 4.98 Å². The van der Waals surface area contributed by atoms with Crippen LogP contribution in [0.4, 0.5) is 5.69 Å². The van der Waals surface area contributed by atoms with Crippen molar-refractivity contribution in [2.24, 2.45) is 0 Å². The van der Waals surface area contributed by atoms with Crippen molar-refractivity contribution in [2.45, 2.75) is 32.9 Å². The van der Waals surface area contributed by atoms with Gasteiger partial charge >= 0.3 is 0 Å². The molecule has 164 valence electrons. The van der Waals surface area contributed by atoms with Crippen molar-refractivity contribution in [2.75, 3.05) is 11.4 Å². The van der Waals surface area contributed by atoms with Crippen molar-refractivity contribution >= 4 is 34.9 Å². The van der Waals surface area contributed by atoms with E-state index in [0.29, 0.717) is 19.6 Å². The third-order valence-corrected chi connectivity index (χ3v) is 5.95. The van der Waals surface area contributed by atoms with Crippen LogP contribution in [0.2, 0.25) is 0 Å². The normalized spacial score (nSPS) is 13.7. The Kier molecular flexibility index (Phi) is 6.97. The van der Waals surface area contributed by atoms with E-state index in [4.69, 9.17) is 4.74 Å². The van der Waals surface area contributed by atoms with Crippen molar-refractivity contribution in [1.82, 2.24) is 10.3 Å². The molecule has 0 radical (unpaired) electrons. The smallest absolute Gasteiger partial charge is 0.244 e. The number of rotatable bonds is 8. The quantitative estimate of drug-likeness (QED) is 0.517. The third-order valence-electron chi connectivity index (χ3n) is 5.13. The second-order valence-corrected chi connectivity index (χ2v) is 8.65. The van der Waals surface area contributed by atoms with Crippen LogP contribution in [0.3, 0.4) is 0 Å². The van der Waals surface area contributed by atoms with E-state index < -0.39 is 0 Å². The fourth-order valence-corrected chi connectivity index (χ4v) is 4.07. The number of aryl methyl sites for hydroxylation is 1. The van der Waals surface area contributed by atoms with Crippen LogP contribution < -0.4 is 15.0 Å². The van der Waals surface area contributed by atoms with Crippen molar-refractivity contribution in [1.29, 1.82) is 0 Å². The summed E-state index contributed by atoms with van der Waals surface area (Å²) in [6.45, 7) is 3.59. The van der Waals surface area contributed by atoms with Gasteiger partial charge in [0.05, 0.1) is 10.7 Å². The second kappa shape index (κ2) is 10.2. The SMILES string of the molecule is Cc1nc(COc2cccc(/C=C/C(=O)NCc3ccc(N4CCCC4=O)cc3)c2)cs1. The fraction of sp³-hybridized carbons (Fsp3) is 0.240. The van der Waals surface area contributed by atoms with Crippen LogP contribution in [-0.2, 0) is 22.7 Å². The number of aromatic nitrogens is 1. The van der Waals surface area contributed by atoms with E-state index in [9.17, 15) is 9.59 Å². The van der Waals surface area contributed by atoms with Crippen molar-refractivity contribution < 1.29 is 14.3 Å². The summed E-state index contributed by atoms with van der Waals surface area (Å²) in [4.78, 5) is 30.3. The first kappa shape index (κ1) is 21.8. The topological polar surface area (TPSA) is 71.5 Å². The molecule has 2 aromatic carbocycles. The van der Waals surface area contributed by atoms with Crippen LogP contribution in [0.5, 0.6) is 5.75 Å². The molecule has 32 heavy (non-hydrogen) atoms. The zero-order valence-corrected chi connectivity index (χ0v) is 18.7. The summed E-state index contributed by atoms with van der Waals surface area (Å²) in [5, 5.41) is 5.89. The first-order valence-electron chi connectivity index (χ1n) is 10.6. The van der Waals surface area contributed by atoms with Crippen molar-refractivity contribution in [3.8, 4) is 5.75 Å². The van der Waals surface area contributed by atoms with E-state index in [0.717, 1.165) is 46.2 Å². The number of benzene rings is 2. The van der Waals surface area contributed by atoms with Gasteiger partial charge in [-0.1, -0.05) is 24.3 Å². The standard InChI is InChI=1S/C25H25N3O3S/c1-18-27-21(17-32-18)16-31-23-5-2-4-19(14-23)9-12-24(29)26-15-20-7-10-22(11-8-20)28-13-3-6-25(28)30/h2,4-5,7-12,14,17H,3,6,13,15-16H2,1H3,(H,26,29)/b12-9+. The zero-order chi connectivity index (χ0) is 22.3. The van der Waals surface area contributed by atoms with Gasteiger partial charge in [0.2, 0.25) is 11.8 Å². The molecule has 6 nitrogen and oxygen atoms in total. The lowest BCUT2D eigenvalue weighted by molar-refractivity contribution is -0.117. The summed E-state index contributed by atoms with van der Waals surface area (Å²) >= 11 is 1.60. The fourth-order valence-electron chi connectivity index (χ4n) is 3.47. The predicted molar refractivity (Wildman–Crippen MR) is 127 cm³/mol. The van der Waals surface area contributed by atoms with Crippen LogP contribution >= 0.6 is 11.3 Å². The summed E-state index contributed by atoms with van der Waals surface area (Å²) in [7, 11) is 0. The van der Waals surface area contributed by atoms with E-state index in [1.165, 1.54) is 6.08 Å². The van der Waals surface area contributed by atoms with Crippen LogP contribution in [0, 0.1) is 6.92 Å². The van der Waals surface area contributed by atoms with Gasteiger partial charge in [0.1, 0.15) is 12.4 Å². The van der Waals surface area contributed by atoms with Gasteiger partial charge in [0.25, 0.3) is 0 Å². The highest BCUT2D eigenvalue weighted by atomic mass is 32.1. The van der Waals surface area contributed by atoms with Crippen molar-refractivity contribution in [3.63, 3.8) is 0 Å². The Morgan fingerprint density at radius 1 is 1.25 bits per heavy atom. The number of amides is 2. The molecule has 1 aliphatic heterocycles. The first-order valence-corrected chi connectivity index (χ1v) is 11.4. The Morgan fingerprint density at radius 3 is 2.81 bits per heavy atom. The molecule has 2 amide bonds. The molecular weight excluding hydrogens is 422 g/mol. The molecule has 1 N–H and O–H groups in total. The number of anilines is 1. The summed E-state index contributed by atoms with van der Waals surface area (Å²) in [6, 6.07) is 15.3. The molecule has 4 rings (SSSR count). The van der Waals surface area contributed by atoms with E-state index >= 15 is 0 Å². The molecule has 1 saturated heterocycles. The van der Waals surface area contributed by atoms with E-state index in [2.05, 4.69) is 10.3 Å².